The first-order valence-corrected chi connectivity index (χ1v) is 6.38. The lowest BCUT2D eigenvalue weighted by Crippen LogP contribution is -1.90. The zero-order chi connectivity index (χ0) is 16.9. The third-order valence-electron chi connectivity index (χ3n) is 2.41. The summed E-state index contributed by atoms with van der Waals surface area (Å²) < 4.78 is 0. The van der Waals surface area contributed by atoms with E-state index in [1.54, 1.807) is 0 Å². The highest BCUT2D eigenvalue weighted by atomic mass is 35.5. The van der Waals surface area contributed by atoms with Gasteiger partial charge in [0.25, 0.3) is 5.69 Å². The van der Waals surface area contributed by atoms with Crippen molar-refractivity contribution in [1.82, 2.24) is 0 Å². The van der Waals surface area contributed by atoms with Gasteiger partial charge in [-0.2, -0.15) is 0 Å². The second-order valence-electron chi connectivity index (χ2n) is 3.94. The monoisotopic (exact) mass is 344 g/mol. The first-order valence-electron chi connectivity index (χ1n) is 5.62. The van der Waals surface area contributed by atoms with Gasteiger partial charge >= 0.3 is 0 Å². The van der Waals surface area contributed by atoms with Crippen LogP contribution in [-0.4, -0.2) is 21.4 Å². The summed E-state index contributed by atoms with van der Waals surface area (Å²) in [5.74, 6) is -0.373. The van der Waals surface area contributed by atoms with E-state index in [1.165, 1.54) is 24.3 Å². The second-order valence-corrected chi connectivity index (χ2v) is 4.79. The number of nitrogen functional groups attached to an aromatic ring is 1. The normalized spacial score (nSPS) is 9.55. The number of carbonyl (C=O) groups excluding carboxylic acids is 1. The summed E-state index contributed by atoms with van der Waals surface area (Å²) in [6.45, 7) is 0. The van der Waals surface area contributed by atoms with E-state index in [1.807, 2.05) is 0 Å². The molecule has 0 spiro atoms. The van der Waals surface area contributed by atoms with E-state index >= 15 is 0 Å². The van der Waals surface area contributed by atoms with Crippen molar-refractivity contribution in [3.8, 4) is 11.5 Å². The van der Waals surface area contributed by atoms with Gasteiger partial charge in [-0.05, 0) is 18.2 Å². The maximum absolute atomic E-state index is 10.3. The molecule has 9 heteroatoms. The number of nitro benzene ring substituents is 1. The van der Waals surface area contributed by atoms with Gasteiger partial charge in [0.1, 0.15) is 11.5 Å². The molecule has 2 aromatic rings. The smallest absolute Gasteiger partial charge is 0.271 e. The number of non-ortho nitro benzene ring substituents is 1. The van der Waals surface area contributed by atoms with E-state index in [4.69, 9.17) is 39.1 Å². The van der Waals surface area contributed by atoms with Gasteiger partial charge in [0.05, 0.1) is 21.2 Å². The second kappa shape index (κ2) is 7.48. The molecular formula is C13H10Cl2N2O5. The Morgan fingerprint density at radius 2 is 1.82 bits per heavy atom. The molecule has 2 rings (SSSR count). The van der Waals surface area contributed by atoms with E-state index in [9.17, 15) is 14.9 Å². The number of phenolic OH excluding ortho intramolecular Hbond substituents is 2. The Kier molecular flexibility index (Phi) is 5.97. The fourth-order valence-corrected chi connectivity index (χ4v) is 1.84. The zero-order valence-corrected chi connectivity index (χ0v) is 12.4. The topological polar surface area (TPSA) is 127 Å². The summed E-state index contributed by atoms with van der Waals surface area (Å²) in [5.41, 5.74) is 5.19. The highest BCUT2D eigenvalue weighted by Gasteiger charge is 2.07. The van der Waals surface area contributed by atoms with Gasteiger partial charge in [-0.3, -0.25) is 14.9 Å². The summed E-state index contributed by atoms with van der Waals surface area (Å²) >= 11 is 11.1. The summed E-state index contributed by atoms with van der Waals surface area (Å²) in [6.07, 6.45) is 0.493. The molecule has 0 radical (unpaired) electrons. The van der Waals surface area contributed by atoms with Crippen LogP contribution in [0.3, 0.4) is 0 Å². The van der Waals surface area contributed by atoms with Crippen molar-refractivity contribution in [2.75, 3.05) is 5.73 Å². The number of hydrogen-bond donors (Lipinski definition) is 3. The molecule has 2 aromatic carbocycles. The minimum atomic E-state index is -0.574. The van der Waals surface area contributed by atoms with Crippen LogP contribution in [0.2, 0.25) is 10.0 Å². The maximum Gasteiger partial charge on any atom is 0.271 e. The van der Waals surface area contributed by atoms with Crippen LogP contribution in [0.4, 0.5) is 11.4 Å². The largest absolute Gasteiger partial charge is 0.506 e. The summed E-state index contributed by atoms with van der Waals surface area (Å²) in [7, 11) is 0. The molecule has 0 unspecified atom stereocenters. The number of anilines is 1. The van der Waals surface area contributed by atoms with Gasteiger partial charge < -0.3 is 15.9 Å². The molecule has 0 atom stereocenters. The number of nitrogens with zero attached hydrogens (tertiary/aromatic N) is 1. The van der Waals surface area contributed by atoms with Crippen LogP contribution < -0.4 is 5.73 Å². The molecule has 0 saturated heterocycles. The van der Waals surface area contributed by atoms with E-state index in [0.717, 1.165) is 6.07 Å². The number of phenols is 2. The van der Waals surface area contributed by atoms with Crippen molar-refractivity contribution < 1.29 is 19.9 Å². The number of aldehydes is 1. The highest BCUT2D eigenvalue weighted by molar-refractivity contribution is 6.36. The van der Waals surface area contributed by atoms with Gasteiger partial charge in [-0.15, -0.1) is 0 Å². The molecule has 0 amide bonds. The zero-order valence-electron chi connectivity index (χ0n) is 10.9. The van der Waals surface area contributed by atoms with Crippen molar-refractivity contribution in [2.24, 2.45) is 0 Å². The molecule has 0 aliphatic carbocycles. The van der Waals surface area contributed by atoms with E-state index in [-0.39, 0.29) is 33.5 Å². The summed E-state index contributed by atoms with van der Waals surface area (Å²) in [6, 6.07) is 6.19. The Bertz CT molecular complexity index is 722. The first kappa shape index (κ1) is 17.5. The van der Waals surface area contributed by atoms with Gasteiger partial charge in [0.2, 0.25) is 0 Å². The molecule has 0 bridgehead atoms. The van der Waals surface area contributed by atoms with Gasteiger partial charge in [-0.1, -0.05) is 23.2 Å². The molecule has 0 heterocycles. The molecule has 0 aliphatic heterocycles. The molecule has 0 aromatic heterocycles. The molecule has 116 valence electrons. The Balaban J connectivity index is 0.000000220. The number of benzene rings is 2. The predicted molar refractivity (Wildman–Crippen MR) is 82.7 cm³/mol. The fraction of sp³-hybridized carbons (Fsp3) is 0. The third-order valence-corrected chi connectivity index (χ3v) is 2.91. The van der Waals surface area contributed by atoms with Crippen LogP contribution in [0.15, 0.2) is 30.3 Å². The molecule has 0 saturated carbocycles. The number of hydrogen-bond acceptors (Lipinski definition) is 6. The molecule has 0 aliphatic rings. The van der Waals surface area contributed by atoms with Crippen molar-refractivity contribution in [3.05, 3.63) is 56.1 Å². The summed E-state index contributed by atoms with van der Waals surface area (Å²) in [5, 5.41) is 28.5. The Morgan fingerprint density at radius 3 is 2.32 bits per heavy atom. The van der Waals surface area contributed by atoms with E-state index in [0.29, 0.717) is 11.3 Å². The number of halogens is 2. The Morgan fingerprint density at radius 1 is 1.18 bits per heavy atom. The third kappa shape index (κ3) is 4.51. The maximum atomic E-state index is 10.3. The lowest BCUT2D eigenvalue weighted by atomic mass is 10.2. The SMILES string of the molecule is Nc1cc([N+](=O)[O-])ccc1O.O=Cc1cc(Cl)cc(Cl)c1O. The standard InChI is InChI=1S/C7H4Cl2O2.C6H6N2O3/c8-5-1-4(3-10)7(11)6(9)2-5;7-5-3-4(8(10)11)1-2-6(5)9/h1-3,11H;1-3,9H,7H2. The minimum Gasteiger partial charge on any atom is -0.506 e. The van der Waals surface area contributed by atoms with Crippen molar-refractivity contribution >= 4 is 40.9 Å². The van der Waals surface area contributed by atoms with Crippen molar-refractivity contribution in [3.63, 3.8) is 0 Å². The van der Waals surface area contributed by atoms with E-state index < -0.39 is 4.92 Å². The molecule has 22 heavy (non-hydrogen) atoms. The number of aromatic hydroxyl groups is 2. The highest BCUT2D eigenvalue weighted by Crippen LogP contribution is 2.29. The van der Waals surface area contributed by atoms with Gasteiger partial charge in [0, 0.05) is 17.2 Å². The Labute approximate surface area is 134 Å². The number of rotatable bonds is 2. The van der Waals surface area contributed by atoms with Crippen molar-refractivity contribution in [2.45, 2.75) is 0 Å². The molecule has 4 N–H and O–H groups in total. The van der Waals surface area contributed by atoms with Crippen molar-refractivity contribution in [1.29, 1.82) is 0 Å². The van der Waals surface area contributed by atoms with Crippen LogP contribution >= 0.6 is 23.2 Å². The van der Waals surface area contributed by atoms with Gasteiger partial charge in [-0.25, -0.2) is 0 Å². The first-order chi connectivity index (χ1) is 10.3. The molecular weight excluding hydrogens is 335 g/mol. The number of carbonyl (C=O) groups is 1. The quantitative estimate of drug-likeness (QED) is 0.252. The fourth-order valence-electron chi connectivity index (χ4n) is 1.33. The minimum absolute atomic E-state index is 0.0131. The lowest BCUT2D eigenvalue weighted by Gasteiger charge is -1.99. The lowest BCUT2D eigenvalue weighted by molar-refractivity contribution is -0.384. The van der Waals surface area contributed by atoms with Crippen LogP contribution in [0.25, 0.3) is 0 Å². The predicted octanol–water partition coefficient (Wildman–Crippen LogP) is 3.39. The average molecular weight is 345 g/mol. The van der Waals surface area contributed by atoms with Crippen LogP contribution in [0.5, 0.6) is 11.5 Å². The number of nitrogens with two attached hydrogens (primary N) is 1. The van der Waals surface area contributed by atoms with Crippen LogP contribution in [0, 0.1) is 10.1 Å². The van der Waals surface area contributed by atoms with Crippen LogP contribution in [0.1, 0.15) is 10.4 Å². The van der Waals surface area contributed by atoms with Crippen LogP contribution in [-0.2, 0) is 0 Å². The van der Waals surface area contributed by atoms with E-state index in [2.05, 4.69) is 0 Å². The number of nitro groups is 1. The Hall–Kier alpha value is -2.51. The summed E-state index contributed by atoms with van der Waals surface area (Å²) in [4.78, 5) is 19.8. The average Bonchev–Trinajstić information content (AvgIpc) is 2.46. The molecule has 7 nitrogen and oxygen atoms in total. The molecule has 0 fully saturated rings. The van der Waals surface area contributed by atoms with Gasteiger partial charge in [0.15, 0.2) is 6.29 Å².